The lowest BCUT2D eigenvalue weighted by molar-refractivity contribution is 0.0901. The number of nitrogen functional groups attached to an aromatic ring is 1. The fourth-order valence-electron chi connectivity index (χ4n) is 2.36. The molecular formula is C14H24N4O2S. The van der Waals surface area contributed by atoms with Crippen LogP contribution in [0.1, 0.15) is 42.8 Å². The number of thiazole rings is 1. The van der Waals surface area contributed by atoms with Crippen molar-refractivity contribution in [2.45, 2.75) is 39.2 Å². The molecule has 1 atom stereocenters. The van der Waals surface area contributed by atoms with Crippen molar-refractivity contribution in [3.05, 3.63) is 4.88 Å². The first-order valence-electron chi connectivity index (χ1n) is 7.46. The summed E-state index contributed by atoms with van der Waals surface area (Å²) in [6, 6.07) is -0.266. The van der Waals surface area contributed by atoms with Gasteiger partial charge in [-0.05, 0) is 25.2 Å². The van der Waals surface area contributed by atoms with Crippen molar-refractivity contribution >= 4 is 28.2 Å². The van der Waals surface area contributed by atoms with Gasteiger partial charge in [0.2, 0.25) is 0 Å². The van der Waals surface area contributed by atoms with Crippen LogP contribution in [0.15, 0.2) is 0 Å². The van der Waals surface area contributed by atoms with E-state index < -0.39 is 0 Å². The molecule has 6 nitrogen and oxygen atoms in total. The van der Waals surface area contributed by atoms with Gasteiger partial charge in [-0.25, -0.2) is 4.98 Å². The van der Waals surface area contributed by atoms with E-state index in [4.69, 9.17) is 5.73 Å². The van der Waals surface area contributed by atoms with Gasteiger partial charge in [-0.1, -0.05) is 25.2 Å². The minimum atomic E-state index is -0.266. The second kappa shape index (κ2) is 7.09. The number of rotatable bonds is 5. The first-order valence-corrected chi connectivity index (χ1v) is 8.27. The van der Waals surface area contributed by atoms with Gasteiger partial charge < -0.3 is 21.1 Å². The number of aromatic nitrogens is 1. The number of amides is 1. The maximum Gasteiger partial charge on any atom is 0.265 e. The number of aliphatic hydroxyl groups excluding tert-OH is 1. The molecule has 0 aliphatic carbocycles. The van der Waals surface area contributed by atoms with Gasteiger partial charge >= 0.3 is 0 Å². The first-order chi connectivity index (χ1) is 10.0. The Hall–Kier alpha value is -1.34. The average molecular weight is 312 g/mol. The van der Waals surface area contributed by atoms with E-state index in [0.717, 1.165) is 31.1 Å². The highest BCUT2D eigenvalue weighted by Gasteiger charge is 2.23. The number of nitrogens with one attached hydrogen (secondary N) is 1. The van der Waals surface area contributed by atoms with Gasteiger partial charge in [0, 0.05) is 13.1 Å². The van der Waals surface area contributed by atoms with Gasteiger partial charge in [0.05, 0.1) is 12.6 Å². The molecule has 118 valence electrons. The van der Waals surface area contributed by atoms with Crippen molar-refractivity contribution in [1.82, 2.24) is 10.3 Å². The average Bonchev–Trinajstić information content (AvgIpc) is 2.87. The number of carbonyl (C=O) groups excluding carboxylic acids is 1. The Morgan fingerprint density at radius 2 is 2.10 bits per heavy atom. The zero-order valence-electron chi connectivity index (χ0n) is 12.6. The van der Waals surface area contributed by atoms with Crippen molar-refractivity contribution < 1.29 is 9.90 Å². The minimum absolute atomic E-state index is 0.0822. The number of nitrogens with two attached hydrogens (primary N) is 1. The van der Waals surface area contributed by atoms with Crippen molar-refractivity contribution in [1.29, 1.82) is 0 Å². The van der Waals surface area contributed by atoms with Gasteiger partial charge in [0.15, 0.2) is 5.13 Å². The topological polar surface area (TPSA) is 91.5 Å². The van der Waals surface area contributed by atoms with Crippen LogP contribution >= 0.6 is 11.3 Å². The van der Waals surface area contributed by atoms with Gasteiger partial charge in [0.1, 0.15) is 10.7 Å². The Morgan fingerprint density at radius 3 is 2.67 bits per heavy atom. The van der Waals surface area contributed by atoms with E-state index in [0.29, 0.717) is 4.88 Å². The number of carbonyl (C=O) groups is 1. The predicted molar refractivity (Wildman–Crippen MR) is 85.8 cm³/mol. The van der Waals surface area contributed by atoms with Crippen LogP contribution in [0, 0.1) is 5.92 Å². The summed E-state index contributed by atoms with van der Waals surface area (Å²) in [7, 11) is 0. The molecule has 0 spiro atoms. The molecule has 1 fully saturated rings. The van der Waals surface area contributed by atoms with Crippen LogP contribution in [0.25, 0.3) is 0 Å². The van der Waals surface area contributed by atoms with E-state index in [-0.39, 0.29) is 30.3 Å². The summed E-state index contributed by atoms with van der Waals surface area (Å²) >= 11 is 1.33. The molecule has 0 radical (unpaired) electrons. The molecule has 7 heteroatoms. The van der Waals surface area contributed by atoms with E-state index in [1.165, 1.54) is 17.8 Å². The van der Waals surface area contributed by atoms with E-state index in [1.807, 2.05) is 13.8 Å². The second-order valence-corrected chi connectivity index (χ2v) is 6.74. The van der Waals surface area contributed by atoms with Crippen LogP contribution in [0.5, 0.6) is 0 Å². The smallest absolute Gasteiger partial charge is 0.265 e. The fraction of sp³-hybridized carbons (Fsp3) is 0.714. The highest BCUT2D eigenvalue weighted by molar-refractivity contribution is 7.18. The van der Waals surface area contributed by atoms with Crippen LogP contribution in [0.3, 0.4) is 0 Å². The van der Waals surface area contributed by atoms with Gasteiger partial charge in [-0.15, -0.1) is 0 Å². The van der Waals surface area contributed by atoms with Crippen LogP contribution in [0.2, 0.25) is 0 Å². The van der Waals surface area contributed by atoms with Crippen LogP contribution in [-0.4, -0.2) is 41.7 Å². The highest BCUT2D eigenvalue weighted by Crippen LogP contribution is 2.30. The molecule has 4 N–H and O–H groups in total. The van der Waals surface area contributed by atoms with Crippen molar-refractivity contribution in [2.24, 2.45) is 5.92 Å². The van der Waals surface area contributed by atoms with E-state index >= 15 is 0 Å². The number of anilines is 2. The highest BCUT2D eigenvalue weighted by atomic mass is 32.1. The Balaban J connectivity index is 2.09. The lowest BCUT2D eigenvalue weighted by atomic mass is 10.1. The van der Waals surface area contributed by atoms with Crippen molar-refractivity contribution in [3.8, 4) is 0 Å². The van der Waals surface area contributed by atoms with Crippen molar-refractivity contribution in [3.63, 3.8) is 0 Å². The molecule has 1 amide bonds. The SMILES string of the molecule is CC(C)C(CO)NC(=O)c1sc(N2CCCCC2)nc1N. The van der Waals surface area contributed by atoms with Gasteiger partial charge in [0.25, 0.3) is 5.91 Å². The van der Waals surface area contributed by atoms with E-state index in [2.05, 4.69) is 15.2 Å². The zero-order valence-corrected chi connectivity index (χ0v) is 13.4. The lowest BCUT2D eigenvalue weighted by Crippen LogP contribution is -2.41. The Morgan fingerprint density at radius 1 is 1.43 bits per heavy atom. The normalized spacial score (nSPS) is 17.0. The molecule has 21 heavy (non-hydrogen) atoms. The third kappa shape index (κ3) is 3.85. The molecule has 1 aliphatic heterocycles. The van der Waals surface area contributed by atoms with E-state index in [9.17, 15) is 9.90 Å². The van der Waals surface area contributed by atoms with Gasteiger partial charge in [-0.3, -0.25) is 4.79 Å². The number of nitrogens with zero attached hydrogens (tertiary/aromatic N) is 2. The fourth-order valence-corrected chi connectivity index (χ4v) is 3.30. The molecule has 0 saturated carbocycles. The third-order valence-corrected chi connectivity index (χ3v) is 4.92. The molecule has 0 aromatic carbocycles. The van der Waals surface area contributed by atoms with E-state index in [1.54, 1.807) is 0 Å². The molecule has 1 saturated heterocycles. The Labute approximate surface area is 129 Å². The van der Waals surface area contributed by atoms with Crippen LogP contribution in [-0.2, 0) is 0 Å². The third-order valence-electron chi connectivity index (χ3n) is 3.79. The number of hydrogen-bond acceptors (Lipinski definition) is 6. The molecule has 0 bridgehead atoms. The van der Waals surface area contributed by atoms with Crippen molar-refractivity contribution in [2.75, 3.05) is 30.3 Å². The predicted octanol–water partition coefficient (Wildman–Crippen LogP) is 1.46. The summed E-state index contributed by atoms with van der Waals surface area (Å²) in [5.41, 5.74) is 5.89. The summed E-state index contributed by atoms with van der Waals surface area (Å²) in [6.07, 6.45) is 3.55. The van der Waals surface area contributed by atoms with Crippen LogP contribution in [0.4, 0.5) is 10.9 Å². The Bertz CT molecular complexity index is 483. The summed E-state index contributed by atoms with van der Waals surface area (Å²) in [5.74, 6) is 0.189. The second-order valence-electron chi connectivity index (χ2n) is 5.77. The minimum Gasteiger partial charge on any atom is -0.394 e. The number of aliphatic hydroxyl groups is 1. The number of piperidine rings is 1. The molecular weight excluding hydrogens is 288 g/mol. The largest absolute Gasteiger partial charge is 0.394 e. The monoisotopic (exact) mass is 312 g/mol. The zero-order chi connectivity index (χ0) is 15.4. The molecule has 2 heterocycles. The molecule has 1 aromatic rings. The lowest BCUT2D eigenvalue weighted by Gasteiger charge is -2.25. The molecule has 1 unspecified atom stereocenters. The maximum absolute atomic E-state index is 12.3. The quantitative estimate of drug-likeness (QED) is 0.765. The summed E-state index contributed by atoms with van der Waals surface area (Å²) in [6.45, 7) is 5.77. The summed E-state index contributed by atoms with van der Waals surface area (Å²) in [5, 5.41) is 12.9. The standard InChI is InChI=1S/C14H24N4O2S/c1-9(2)10(8-19)16-13(20)11-12(15)17-14(21-11)18-6-4-3-5-7-18/h9-10,19H,3-8,15H2,1-2H3,(H,16,20). The Kier molecular flexibility index (Phi) is 5.41. The summed E-state index contributed by atoms with van der Waals surface area (Å²) in [4.78, 5) is 19.2. The maximum atomic E-state index is 12.3. The molecule has 2 rings (SSSR count). The van der Waals surface area contributed by atoms with Crippen LogP contribution < -0.4 is 16.0 Å². The number of hydrogen-bond donors (Lipinski definition) is 3. The molecule has 1 aromatic heterocycles. The van der Waals surface area contributed by atoms with Gasteiger partial charge in [-0.2, -0.15) is 0 Å². The first kappa shape index (κ1) is 16.0. The molecule has 1 aliphatic rings. The summed E-state index contributed by atoms with van der Waals surface area (Å²) < 4.78 is 0.